The lowest BCUT2D eigenvalue weighted by Crippen LogP contribution is -2.01. The van der Waals surface area contributed by atoms with E-state index in [1.807, 2.05) is 0 Å². The number of aromatic nitrogens is 4. The molecule has 0 spiro atoms. The SMILES string of the molecule is O=C(O)c1ccnc(Sc2cnccn2)n1. The van der Waals surface area contributed by atoms with Gasteiger partial charge in [-0.05, 0) is 17.8 Å². The van der Waals surface area contributed by atoms with Gasteiger partial charge in [0.05, 0.1) is 6.20 Å². The van der Waals surface area contributed by atoms with Gasteiger partial charge in [0.1, 0.15) is 5.03 Å². The van der Waals surface area contributed by atoms with Crippen LogP contribution in [-0.2, 0) is 0 Å². The Morgan fingerprint density at radius 3 is 2.81 bits per heavy atom. The van der Waals surface area contributed by atoms with E-state index in [0.29, 0.717) is 10.2 Å². The molecule has 0 amide bonds. The van der Waals surface area contributed by atoms with Crippen molar-refractivity contribution in [3.05, 3.63) is 36.5 Å². The van der Waals surface area contributed by atoms with E-state index in [1.54, 1.807) is 18.6 Å². The molecule has 7 heteroatoms. The number of carboxylic acids is 1. The average Bonchev–Trinajstić information content (AvgIpc) is 2.30. The maximum Gasteiger partial charge on any atom is 0.354 e. The van der Waals surface area contributed by atoms with Crippen molar-refractivity contribution >= 4 is 17.7 Å². The number of hydrogen-bond donors (Lipinski definition) is 1. The molecule has 0 fully saturated rings. The summed E-state index contributed by atoms with van der Waals surface area (Å²) in [6.45, 7) is 0. The van der Waals surface area contributed by atoms with Crippen LogP contribution in [0.4, 0.5) is 0 Å². The Morgan fingerprint density at radius 1 is 1.25 bits per heavy atom. The van der Waals surface area contributed by atoms with E-state index in [4.69, 9.17) is 5.11 Å². The highest BCUT2D eigenvalue weighted by molar-refractivity contribution is 7.99. The number of carbonyl (C=O) groups is 1. The second-order valence-corrected chi connectivity index (χ2v) is 3.66. The van der Waals surface area contributed by atoms with Crippen molar-refractivity contribution < 1.29 is 9.90 Å². The summed E-state index contributed by atoms with van der Waals surface area (Å²) >= 11 is 1.16. The lowest BCUT2D eigenvalue weighted by atomic mass is 10.4. The number of nitrogens with zero attached hydrogens (tertiary/aromatic N) is 4. The van der Waals surface area contributed by atoms with Crippen molar-refractivity contribution in [3.8, 4) is 0 Å². The molecule has 0 aliphatic carbocycles. The molecule has 0 aromatic carbocycles. The fourth-order valence-corrected chi connectivity index (χ4v) is 1.61. The molecule has 2 aromatic rings. The molecule has 1 N–H and O–H groups in total. The summed E-state index contributed by atoms with van der Waals surface area (Å²) in [7, 11) is 0. The Kier molecular flexibility index (Phi) is 3.06. The average molecular weight is 234 g/mol. The predicted molar refractivity (Wildman–Crippen MR) is 55.1 cm³/mol. The third kappa shape index (κ3) is 2.51. The van der Waals surface area contributed by atoms with Gasteiger partial charge in [-0.2, -0.15) is 0 Å². The standard InChI is InChI=1S/C9H6N4O2S/c14-8(15)6-1-2-12-9(13-6)16-7-5-10-3-4-11-7/h1-5H,(H,14,15). The molecular formula is C9H6N4O2S. The minimum absolute atomic E-state index is 0.0404. The normalized spacial score (nSPS) is 10.0. The van der Waals surface area contributed by atoms with Gasteiger partial charge in [-0.15, -0.1) is 0 Å². The van der Waals surface area contributed by atoms with Crippen LogP contribution >= 0.6 is 11.8 Å². The number of aromatic carboxylic acids is 1. The summed E-state index contributed by atoms with van der Waals surface area (Å²) in [6.07, 6.45) is 6.05. The van der Waals surface area contributed by atoms with Crippen LogP contribution in [0.2, 0.25) is 0 Å². The molecule has 0 saturated carbocycles. The van der Waals surface area contributed by atoms with Gasteiger partial charge >= 0.3 is 5.97 Å². The summed E-state index contributed by atoms with van der Waals surface area (Å²) in [4.78, 5) is 26.4. The second kappa shape index (κ2) is 4.67. The van der Waals surface area contributed by atoms with E-state index in [2.05, 4.69) is 19.9 Å². The molecule has 2 aromatic heterocycles. The van der Waals surface area contributed by atoms with E-state index in [0.717, 1.165) is 11.8 Å². The Bertz CT molecular complexity index is 506. The molecule has 0 unspecified atom stereocenters. The van der Waals surface area contributed by atoms with Crippen molar-refractivity contribution in [1.82, 2.24) is 19.9 Å². The van der Waals surface area contributed by atoms with E-state index in [-0.39, 0.29) is 5.69 Å². The van der Waals surface area contributed by atoms with Gasteiger partial charge in [0.15, 0.2) is 10.9 Å². The van der Waals surface area contributed by atoms with Crippen molar-refractivity contribution in [3.63, 3.8) is 0 Å². The summed E-state index contributed by atoms with van der Waals surface area (Å²) in [5.74, 6) is -1.08. The smallest absolute Gasteiger partial charge is 0.354 e. The van der Waals surface area contributed by atoms with Gasteiger partial charge in [0.25, 0.3) is 0 Å². The first-order valence-electron chi connectivity index (χ1n) is 4.26. The maximum atomic E-state index is 10.7. The third-order valence-corrected chi connectivity index (χ3v) is 2.39. The fraction of sp³-hybridized carbons (Fsp3) is 0. The van der Waals surface area contributed by atoms with Gasteiger partial charge in [0.2, 0.25) is 0 Å². The summed E-state index contributed by atoms with van der Waals surface area (Å²) < 4.78 is 0. The second-order valence-electron chi connectivity index (χ2n) is 2.68. The van der Waals surface area contributed by atoms with Crippen molar-refractivity contribution in [2.45, 2.75) is 10.2 Å². The van der Waals surface area contributed by atoms with Gasteiger partial charge < -0.3 is 5.11 Å². The zero-order valence-electron chi connectivity index (χ0n) is 7.94. The molecule has 0 aliphatic rings. The topological polar surface area (TPSA) is 88.9 Å². The predicted octanol–water partition coefficient (Wildman–Crippen LogP) is 1.12. The van der Waals surface area contributed by atoms with Gasteiger partial charge in [0, 0.05) is 18.6 Å². The highest BCUT2D eigenvalue weighted by Crippen LogP contribution is 2.20. The van der Waals surface area contributed by atoms with Crippen molar-refractivity contribution in [1.29, 1.82) is 0 Å². The van der Waals surface area contributed by atoms with E-state index in [1.165, 1.54) is 12.3 Å². The monoisotopic (exact) mass is 234 g/mol. The maximum absolute atomic E-state index is 10.7. The Morgan fingerprint density at radius 2 is 2.12 bits per heavy atom. The molecule has 0 aliphatic heterocycles. The first kappa shape index (κ1) is 10.5. The molecule has 0 bridgehead atoms. The fourth-order valence-electron chi connectivity index (χ4n) is 0.941. The van der Waals surface area contributed by atoms with Crippen LogP contribution in [0.25, 0.3) is 0 Å². The molecule has 6 nitrogen and oxygen atoms in total. The molecule has 0 radical (unpaired) electrons. The number of carboxylic acid groups (broad SMARTS) is 1. The van der Waals surface area contributed by atoms with E-state index < -0.39 is 5.97 Å². The first-order chi connectivity index (χ1) is 7.75. The molecule has 80 valence electrons. The first-order valence-corrected chi connectivity index (χ1v) is 5.07. The Hall–Kier alpha value is -2.02. The molecule has 0 atom stereocenters. The molecule has 0 saturated heterocycles. The van der Waals surface area contributed by atoms with Crippen LogP contribution in [0.5, 0.6) is 0 Å². The van der Waals surface area contributed by atoms with Crippen LogP contribution in [0, 0.1) is 0 Å². The highest BCUT2D eigenvalue weighted by Gasteiger charge is 2.07. The van der Waals surface area contributed by atoms with Crippen LogP contribution < -0.4 is 0 Å². The van der Waals surface area contributed by atoms with Gasteiger partial charge in [-0.3, -0.25) is 4.98 Å². The van der Waals surface area contributed by atoms with Crippen molar-refractivity contribution in [2.75, 3.05) is 0 Å². The number of hydrogen-bond acceptors (Lipinski definition) is 6. The van der Waals surface area contributed by atoms with Gasteiger partial charge in [-0.1, -0.05) is 0 Å². The van der Waals surface area contributed by atoms with E-state index >= 15 is 0 Å². The third-order valence-electron chi connectivity index (χ3n) is 1.59. The zero-order valence-corrected chi connectivity index (χ0v) is 8.76. The Balaban J connectivity index is 2.22. The molecule has 16 heavy (non-hydrogen) atoms. The number of rotatable bonds is 3. The summed E-state index contributed by atoms with van der Waals surface area (Å²) in [6, 6.07) is 1.34. The summed E-state index contributed by atoms with van der Waals surface area (Å²) in [5, 5.41) is 9.70. The van der Waals surface area contributed by atoms with Crippen LogP contribution in [0.3, 0.4) is 0 Å². The summed E-state index contributed by atoms with van der Waals surface area (Å²) in [5.41, 5.74) is -0.0404. The largest absolute Gasteiger partial charge is 0.477 e. The molecule has 2 rings (SSSR count). The molecular weight excluding hydrogens is 228 g/mol. The lowest BCUT2D eigenvalue weighted by molar-refractivity contribution is 0.0689. The highest BCUT2D eigenvalue weighted by atomic mass is 32.2. The van der Waals surface area contributed by atoms with Crippen LogP contribution in [0.15, 0.2) is 41.0 Å². The minimum atomic E-state index is -1.08. The Labute approximate surface area is 94.8 Å². The van der Waals surface area contributed by atoms with Gasteiger partial charge in [-0.25, -0.2) is 19.7 Å². The lowest BCUT2D eigenvalue weighted by Gasteiger charge is -1.98. The van der Waals surface area contributed by atoms with E-state index in [9.17, 15) is 4.79 Å². The zero-order chi connectivity index (χ0) is 11.4. The minimum Gasteiger partial charge on any atom is -0.477 e. The quantitative estimate of drug-likeness (QED) is 0.796. The van der Waals surface area contributed by atoms with Crippen LogP contribution in [0.1, 0.15) is 10.5 Å². The van der Waals surface area contributed by atoms with Crippen LogP contribution in [-0.4, -0.2) is 31.0 Å². The van der Waals surface area contributed by atoms with Crippen molar-refractivity contribution in [2.24, 2.45) is 0 Å². The molecule has 2 heterocycles.